The van der Waals surface area contributed by atoms with E-state index in [-0.39, 0.29) is 12.6 Å². The maximum atomic E-state index is 12.2. The molecule has 0 saturated heterocycles. The van der Waals surface area contributed by atoms with Crippen LogP contribution in [-0.4, -0.2) is 37.0 Å². The zero-order valence-corrected chi connectivity index (χ0v) is 31.6. The third-order valence-electron chi connectivity index (χ3n) is 9.68. The van der Waals surface area contributed by atoms with Crippen molar-refractivity contribution >= 4 is 5.97 Å². The Morgan fingerprint density at radius 2 is 0.717 bits per heavy atom. The predicted molar refractivity (Wildman–Crippen MR) is 201 cm³/mol. The van der Waals surface area contributed by atoms with Gasteiger partial charge in [-0.05, 0) is 12.8 Å². The summed E-state index contributed by atoms with van der Waals surface area (Å²) in [6.07, 6.45) is 45.9. The average Bonchev–Trinajstić information content (AvgIpc) is 3.06. The number of hydrogen-bond acceptors (Lipinski definition) is 4. The Bertz CT molecular complexity index is 566. The van der Waals surface area contributed by atoms with E-state index >= 15 is 0 Å². The van der Waals surface area contributed by atoms with E-state index in [0.29, 0.717) is 19.6 Å². The first-order chi connectivity index (χ1) is 22.7. The summed E-state index contributed by atoms with van der Waals surface area (Å²) in [6, 6.07) is 0. The van der Waals surface area contributed by atoms with Crippen LogP contribution in [0.2, 0.25) is 0 Å². The van der Waals surface area contributed by atoms with Crippen molar-refractivity contribution in [2.45, 2.75) is 245 Å². The number of aliphatic hydroxyl groups is 1. The smallest absolute Gasteiger partial charge is 0.306 e. The van der Waals surface area contributed by atoms with Gasteiger partial charge in [-0.2, -0.15) is 0 Å². The maximum absolute atomic E-state index is 12.2. The summed E-state index contributed by atoms with van der Waals surface area (Å²) < 4.78 is 11.1. The molecule has 1 atom stereocenters. The van der Waals surface area contributed by atoms with E-state index in [0.717, 1.165) is 19.3 Å². The summed E-state index contributed by atoms with van der Waals surface area (Å²) in [5.41, 5.74) is 0. The highest BCUT2D eigenvalue weighted by atomic mass is 16.6. The van der Waals surface area contributed by atoms with Crippen LogP contribution in [0.1, 0.15) is 239 Å². The highest BCUT2D eigenvalue weighted by Gasteiger charge is 2.13. The minimum absolute atomic E-state index is 0.163. The third-order valence-corrected chi connectivity index (χ3v) is 9.68. The van der Waals surface area contributed by atoms with Gasteiger partial charge in [0.15, 0.2) is 0 Å². The molecule has 0 saturated carbocycles. The standard InChI is InChI=1S/C42H84O4/c1-3-5-7-9-11-13-15-17-18-19-20-21-22-23-24-25-26-27-29-31-33-35-37-42(44)46-41(39-43)40-45-38-36-34-32-30-28-16-14-12-10-8-6-4-2/h41,43H,3-40H2,1-2H3. The van der Waals surface area contributed by atoms with Crippen LogP contribution in [0.4, 0.5) is 0 Å². The Kier molecular flexibility index (Phi) is 40.0. The first-order valence-corrected chi connectivity index (χ1v) is 21.1. The molecule has 0 aromatic heterocycles. The molecule has 0 aliphatic carbocycles. The lowest BCUT2D eigenvalue weighted by Crippen LogP contribution is -2.27. The van der Waals surface area contributed by atoms with Gasteiger partial charge < -0.3 is 14.6 Å². The Labute approximate surface area is 289 Å². The Morgan fingerprint density at radius 1 is 0.435 bits per heavy atom. The summed E-state index contributed by atoms with van der Waals surface area (Å²) in [5.74, 6) is -0.193. The molecular weight excluding hydrogens is 568 g/mol. The molecule has 0 spiro atoms. The molecule has 0 heterocycles. The molecule has 46 heavy (non-hydrogen) atoms. The highest BCUT2D eigenvalue weighted by molar-refractivity contribution is 5.69. The normalized spacial score (nSPS) is 12.2. The van der Waals surface area contributed by atoms with Crippen molar-refractivity contribution < 1.29 is 19.4 Å². The Balaban J connectivity index is 3.34. The SMILES string of the molecule is CCCCCCCCCCCCCCCCCCCCCCCCC(=O)OC(CO)COCCCCCCCCCCCCCC. The molecule has 0 bridgehead atoms. The van der Waals surface area contributed by atoms with Crippen LogP contribution in [0.3, 0.4) is 0 Å². The van der Waals surface area contributed by atoms with E-state index < -0.39 is 6.10 Å². The van der Waals surface area contributed by atoms with Gasteiger partial charge in [0.1, 0.15) is 6.10 Å². The largest absolute Gasteiger partial charge is 0.457 e. The number of ether oxygens (including phenoxy) is 2. The third kappa shape index (κ3) is 37.8. The van der Waals surface area contributed by atoms with Gasteiger partial charge in [-0.1, -0.05) is 219 Å². The zero-order valence-electron chi connectivity index (χ0n) is 31.6. The van der Waals surface area contributed by atoms with Crippen molar-refractivity contribution in [1.29, 1.82) is 0 Å². The fourth-order valence-electron chi connectivity index (χ4n) is 6.51. The van der Waals surface area contributed by atoms with E-state index in [1.807, 2.05) is 0 Å². The summed E-state index contributed by atoms with van der Waals surface area (Å²) in [7, 11) is 0. The van der Waals surface area contributed by atoms with Crippen molar-refractivity contribution in [3.63, 3.8) is 0 Å². The molecule has 0 aliphatic rings. The molecule has 276 valence electrons. The van der Waals surface area contributed by atoms with Crippen LogP contribution in [0.15, 0.2) is 0 Å². The van der Waals surface area contributed by atoms with Crippen molar-refractivity contribution in [2.75, 3.05) is 19.8 Å². The van der Waals surface area contributed by atoms with Gasteiger partial charge in [0.2, 0.25) is 0 Å². The first kappa shape index (κ1) is 45.4. The molecule has 0 fully saturated rings. The Morgan fingerprint density at radius 3 is 1.02 bits per heavy atom. The number of unbranched alkanes of at least 4 members (excludes halogenated alkanes) is 32. The van der Waals surface area contributed by atoms with Crippen LogP contribution >= 0.6 is 0 Å². The number of rotatable bonds is 40. The molecule has 0 radical (unpaired) electrons. The summed E-state index contributed by atoms with van der Waals surface area (Å²) in [6.45, 7) is 5.40. The van der Waals surface area contributed by atoms with Crippen LogP contribution in [0.5, 0.6) is 0 Å². The van der Waals surface area contributed by atoms with Crippen LogP contribution < -0.4 is 0 Å². The molecular formula is C42H84O4. The van der Waals surface area contributed by atoms with E-state index in [9.17, 15) is 9.90 Å². The Hall–Kier alpha value is -0.610. The number of aliphatic hydroxyl groups excluding tert-OH is 1. The van der Waals surface area contributed by atoms with E-state index in [1.54, 1.807) is 0 Å². The summed E-state index contributed by atoms with van der Waals surface area (Å²) >= 11 is 0. The van der Waals surface area contributed by atoms with E-state index in [2.05, 4.69) is 13.8 Å². The zero-order chi connectivity index (χ0) is 33.4. The quantitative estimate of drug-likeness (QED) is 0.0528. The lowest BCUT2D eigenvalue weighted by atomic mass is 10.0. The molecule has 4 nitrogen and oxygen atoms in total. The van der Waals surface area contributed by atoms with E-state index in [4.69, 9.17) is 9.47 Å². The minimum atomic E-state index is -0.524. The van der Waals surface area contributed by atoms with Gasteiger partial charge in [0, 0.05) is 13.0 Å². The van der Waals surface area contributed by atoms with Gasteiger partial charge in [-0.25, -0.2) is 0 Å². The first-order valence-electron chi connectivity index (χ1n) is 21.1. The van der Waals surface area contributed by atoms with Gasteiger partial charge in [0.05, 0.1) is 13.2 Å². The predicted octanol–water partition coefficient (Wildman–Crippen LogP) is 13.6. The number of carbonyl (C=O) groups is 1. The fourth-order valence-corrected chi connectivity index (χ4v) is 6.51. The second kappa shape index (κ2) is 40.6. The van der Waals surface area contributed by atoms with Crippen LogP contribution in [0, 0.1) is 0 Å². The molecule has 0 amide bonds. The lowest BCUT2D eigenvalue weighted by molar-refractivity contribution is -0.154. The number of hydrogen-bond donors (Lipinski definition) is 1. The molecule has 0 rings (SSSR count). The number of carbonyl (C=O) groups excluding carboxylic acids is 1. The second-order valence-electron chi connectivity index (χ2n) is 14.4. The van der Waals surface area contributed by atoms with E-state index in [1.165, 1.54) is 199 Å². The fraction of sp³-hybridized carbons (Fsp3) is 0.976. The van der Waals surface area contributed by atoms with Gasteiger partial charge >= 0.3 is 5.97 Å². The van der Waals surface area contributed by atoms with Crippen LogP contribution in [-0.2, 0) is 14.3 Å². The monoisotopic (exact) mass is 653 g/mol. The van der Waals surface area contributed by atoms with Crippen LogP contribution in [0.25, 0.3) is 0 Å². The molecule has 0 aromatic rings. The molecule has 4 heteroatoms. The van der Waals surface area contributed by atoms with Crippen molar-refractivity contribution in [2.24, 2.45) is 0 Å². The van der Waals surface area contributed by atoms with Crippen molar-refractivity contribution in [3.8, 4) is 0 Å². The lowest BCUT2D eigenvalue weighted by Gasteiger charge is -2.16. The van der Waals surface area contributed by atoms with Crippen molar-refractivity contribution in [3.05, 3.63) is 0 Å². The highest BCUT2D eigenvalue weighted by Crippen LogP contribution is 2.16. The average molecular weight is 653 g/mol. The maximum Gasteiger partial charge on any atom is 0.306 e. The second-order valence-corrected chi connectivity index (χ2v) is 14.4. The van der Waals surface area contributed by atoms with Gasteiger partial charge in [-0.3, -0.25) is 4.79 Å². The molecule has 1 N–H and O–H groups in total. The molecule has 0 aromatic carbocycles. The molecule has 0 aliphatic heterocycles. The van der Waals surface area contributed by atoms with Gasteiger partial charge in [-0.15, -0.1) is 0 Å². The summed E-state index contributed by atoms with van der Waals surface area (Å²) in [5, 5.41) is 9.57. The topological polar surface area (TPSA) is 55.8 Å². The number of esters is 1. The minimum Gasteiger partial charge on any atom is -0.457 e. The molecule has 1 unspecified atom stereocenters. The van der Waals surface area contributed by atoms with Gasteiger partial charge in [0.25, 0.3) is 0 Å². The van der Waals surface area contributed by atoms with Crippen molar-refractivity contribution in [1.82, 2.24) is 0 Å². The summed E-state index contributed by atoms with van der Waals surface area (Å²) in [4.78, 5) is 12.2.